The predicted octanol–water partition coefficient (Wildman–Crippen LogP) is 6.77. The van der Waals surface area contributed by atoms with Crippen molar-refractivity contribution in [2.24, 2.45) is 11.8 Å². The van der Waals surface area contributed by atoms with E-state index in [1.165, 1.54) is 24.3 Å². The van der Waals surface area contributed by atoms with E-state index in [-0.39, 0.29) is 23.2 Å². The smallest absolute Gasteiger partial charge is 0.422 e. The zero-order valence-electron chi connectivity index (χ0n) is 15.9. The van der Waals surface area contributed by atoms with Gasteiger partial charge in [-0.15, -0.1) is 0 Å². The zero-order valence-corrected chi connectivity index (χ0v) is 15.9. The Morgan fingerprint density at radius 3 is 2.00 bits per heavy atom. The Bertz CT molecular complexity index is 843. The second-order valence-electron chi connectivity index (χ2n) is 7.38. The number of ether oxygens (including phenoxy) is 1. The van der Waals surface area contributed by atoms with E-state index in [4.69, 9.17) is 4.74 Å². The van der Waals surface area contributed by atoms with E-state index in [1.807, 2.05) is 0 Å². The molecule has 0 saturated heterocycles. The number of benzene rings is 2. The maximum absolute atomic E-state index is 13.8. The molecule has 1 fully saturated rings. The zero-order chi connectivity index (χ0) is 21.2. The molecule has 3 rings (SSSR count). The third kappa shape index (κ3) is 4.95. The van der Waals surface area contributed by atoms with Crippen LogP contribution in [-0.4, -0.2) is 5.97 Å². The van der Waals surface area contributed by atoms with Gasteiger partial charge in [0.15, 0.2) is 0 Å². The number of alkyl halides is 3. The molecule has 2 aromatic rings. The second-order valence-corrected chi connectivity index (χ2v) is 7.38. The first-order valence-corrected chi connectivity index (χ1v) is 9.57. The monoisotopic (exact) mass is 412 g/mol. The van der Waals surface area contributed by atoms with Crippen LogP contribution in [0.2, 0.25) is 0 Å². The number of carbonyl (C=O) groups is 1. The summed E-state index contributed by atoms with van der Waals surface area (Å²) in [6, 6.07) is 7.07. The highest BCUT2D eigenvalue weighted by Crippen LogP contribution is 2.36. The Hall–Kier alpha value is -2.44. The largest absolute Gasteiger partial charge is 0.426 e. The van der Waals surface area contributed by atoms with Gasteiger partial charge < -0.3 is 4.74 Å². The molecular formula is C22H21F5O2. The number of carbonyl (C=O) groups excluding carboxylic acids is 1. The molecule has 156 valence electrons. The van der Waals surface area contributed by atoms with Crippen LogP contribution in [0.3, 0.4) is 0 Å². The molecule has 2 nitrogen and oxygen atoms in total. The summed E-state index contributed by atoms with van der Waals surface area (Å²) in [6.07, 6.45) is -0.422. The van der Waals surface area contributed by atoms with Crippen LogP contribution in [0.15, 0.2) is 36.4 Å². The van der Waals surface area contributed by atoms with Gasteiger partial charge in [0, 0.05) is 0 Å². The number of hydrogen-bond acceptors (Lipinski definition) is 2. The van der Waals surface area contributed by atoms with Crippen LogP contribution in [0, 0.1) is 23.5 Å². The van der Waals surface area contributed by atoms with E-state index in [9.17, 15) is 26.7 Å². The van der Waals surface area contributed by atoms with Gasteiger partial charge in [0.1, 0.15) is 22.9 Å². The SMILES string of the molecule is CCC1CCC(C(=O)Oc2ccc(-c3cc(F)c(C(F)(F)F)c(F)c3)cc2)CC1. The average Bonchev–Trinajstić information content (AvgIpc) is 2.67. The fraction of sp³-hybridized carbons (Fsp3) is 0.409. The van der Waals surface area contributed by atoms with Crippen molar-refractivity contribution in [3.8, 4) is 16.9 Å². The molecule has 2 aromatic carbocycles. The van der Waals surface area contributed by atoms with Gasteiger partial charge in [0.25, 0.3) is 0 Å². The van der Waals surface area contributed by atoms with Crippen molar-refractivity contribution in [2.75, 3.05) is 0 Å². The fourth-order valence-electron chi connectivity index (χ4n) is 3.73. The van der Waals surface area contributed by atoms with E-state index in [0.717, 1.165) is 32.1 Å². The van der Waals surface area contributed by atoms with Gasteiger partial charge in [-0.05, 0) is 67.0 Å². The quantitative estimate of drug-likeness (QED) is 0.315. The number of esters is 1. The van der Waals surface area contributed by atoms with Gasteiger partial charge in [0.2, 0.25) is 0 Å². The van der Waals surface area contributed by atoms with Crippen molar-refractivity contribution in [2.45, 2.75) is 45.2 Å². The highest BCUT2D eigenvalue weighted by molar-refractivity contribution is 5.75. The molecular weight excluding hydrogens is 391 g/mol. The number of rotatable bonds is 4. The minimum atomic E-state index is -5.11. The molecule has 0 bridgehead atoms. The van der Waals surface area contributed by atoms with Crippen molar-refractivity contribution in [1.82, 2.24) is 0 Å². The first-order chi connectivity index (χ1) is 13.7. The van der Waals surface area contributed by atoms with E-state index in [2.05, 4.69) is 6.92 Å². The van der Waals surface area contributed by atoms with E-state index in [0.29, 0.717) is 23.6 Å². The first-order valence-electron chi connectivity index (χ1n) is 9.57. The van der Waals surface area contributed by atoms with Crippen LogP contribution in [-0.2, 0) is 11.0 Å². The van der Waals surface area contributed by atoms with Crippen LogP contribution < -0.4 is 4.74 Å². The van der Waals surface area contributed by atoms with Gasteiger partial charge >= 0.3 is 12.1 Å². The summed E-state index contributed by atoms with van der Waals surface area (Å²) in [6.45, 7) is 2.14. The highest BCUT2D eigenvalue weighted by atomic mass is 19.4. The molecule has 7 heteroatoms. The Balaban J connectivity index is 1.70. The molecule has 0 aromatic heterocycles. The van der Waals surface area contributed by atoms with Crippen molar-refractivity contribution in [1.29, 1.82) is 0 Å². The van der Waals surface area contributed by atoms with Gasteiger partial charge in [-0.1, -0.05) is 25.5 Å². The molecule has 0 atom stereocenters. The summed E-state index contributed by atoms with van der Waals surface area (Å²) in [5.74, 6) is -2.86. The molecule has 0 spiro atoms. The fourth-order valence-corrected chi connectivity index (χ4v) is 3.73. The van der Waals surface area contributed by atoms with Gasteiger partial charge in [0.05, 0.1) is 5.92 Å². The predicted molar refractivity (Wildman–Crippen MR) is 98.2 cm³/mol. The third-order valence-corrected chi connectivity index (χ3v) is 5.49. The molecule has 0 radical (unpaired) electrons. The molecule has 0 heterocycles. The second kappa shape index (κ2) is 8.51. The van der Waals surface area contributed by atoms with Crippen LogP contribution in [0.25, 0.3) is 11.1 Å². The lowest BCUT2D eigenvalue weighted by Gasteiger charge is -2.26. The maximum Gasteiger partial charge on any atom is 0.422 e. The van der Waals surface area contributed by atoms with Crippen LogP contribution in [0.5, 0.6) is 5.75 Å². The van der Waals surface area contributed by atoms with Gasteiger partial charge in [-0.3, -0.25) is 4.79 Å². The van der Waals surface area contributed by atoms with Crippen LogP contribution in [0.4, 0.5) is 22.0 Å². The molecule has 0 amide bonds. The van der Waals surface area contributed by atoms with Crippen molar-refractivity contribution in [3.63, 3.8) is 0 Å². The van der Waals surface area contributed by atoms with Crippen LogP contribution in [0.1, 0.15) is 44.6 Å². The lowest BCUT2D eigenvalue weighted by molar-refractivity contribution is -0.142. The molecule has 0 aliphatic heterocycles. The first kappa shape index (κ1) is 21.3. The van der Waals surface area contributed by atoms with Crippen LogP contribution >= 0.6 is 0 Å². The highest BCUT2D eigenvalue weighted by Gasteiger charge is 2.38. The minimum Gasteiger partial charge on any atom is -0.426 e. The van der Waals surface area contributed by atoms with E-state index in [1.54, 1.807) is 0 Å². The lowest BCUT2D eigenvalue weighted by atomic mass is 9.81. The minimum absolute atomic E-state index is 0.0382. The third-order valence-electron chi connectivity index (χ3n) is 5.49. The average molecular weight is 412 g/mol. The summed E-state index contributed by atoms with van der Waals surface area (Å²) >= 11 is 0. The van der Waals surface area contributed by atoms with Gasteiger partial charge in [-0.25, -0.2) is 8.78 Å². The topological polar surface area (TPSA) is 26.3 Å². The summed E-state index contributed by atoms with van der Waals surface area (Å²) in [4.78, 5) is 12.3. The summed E-state index contributed by atoms with van der Waals surface area (Å²) in [5.41, 5.74) is -1.65. The molecule has 1 saturated carbocycles. The van der Waals surface area contributed by atoms with E-state index >= 15 is 0 Å². The summed E-state index contributed by atoms with van der Waals surface area (Å²) in [5, 5.41) is 0. The molecule has 1 aliphatic carbocycles. The van der Waals surface area contributed by atoms with E-state index < -0.39 is 23.4 Å². The normalized spacial score (nSPS) is 19.8. The number of halogens is 5. The van der Waals surface area contributed by atoms with Crippen molar-refractivity contribution in [3.05, 3.63) is 53.6 Å². The van der Waals surface area contributed by atoms with Crippen molar-refractivity contribution < 1.29 is 31.5 Å². The van der Waals surface area contributed by atoms with Gasteiger partial charge in [-0.2, -0.15) is 13.2 Å². The maximum atomic E-state index is 13.8. The lowest BCUT2D eigenvalue weighted by Crippen LogP contribution is -2.25. The summed E-state index contributed by atoms with van der Waals surface area (Å²) < 4.78 is 71.0. The number of hydrogen-bond donors (Lipinski definition) is 0. The molecule has 29 heavy (non-hydrogen) atoms. The molecule has 0 N–H and O–H groups in total. The Morgan fingerprint density at radius 1 is 0.966 bits per heavy atom. The van der Waals surface area contributed by atoms with Crippen molar-refractivity contribution >= 4 is 5.97 Å². The summed E-state index contributed by atoms with van der Waals surface area (Å²) in [7, 11) is 0. The Morgan fingerprint density at radius 2 is 1.52 bits per heavy atom. The Kier molecular flexibility index (Phi) is 6.24. The molecule has 1 aliphatic rings. The molecule has 0 unspecified atom stereocenters. The standard InChI is InChI=1S/C22H21F5O2/c1-2-13-3-5-15(6-4-13)21(28)29-17-9-7-14(8-10-17)16-11-18(23)20(19(24)12-16)22(25,26)27/h7-13,15H,2-6H2,1H3. The Labute approximate surface area is 165 Å².